The molecule has 0 N–H and O–H groups in total. The van der Waals surface area contributed by atoms with Gasteiger partial charge in [-0.25, -0.2) is 9.37 Å². The van der Waals surface area contributed by atoms with Crippen LogP contribution in [0.5, 0.6) is 5.88 Å². The van der Waals surface area contributed by atoms with Gasteiger partial charge in [-0.05, 0) is 33.3 Å². The largest absolute Gasteiger partial charge is 0.496 e. The molecule has 0 bridgehead atoms. The van der Waals surface area contributed by atoms with Gasteiger partial charge in [-0.1, -0.05) is 6.92 Å². The molecule has 1 aromatic heterocycles. The molecule has 2 rings (SSSR count). The lowest BCUT2D eigenvalue weighted by Gasteiger charge is -2.35. The second-order valence-electron chi connectivity index (χ2n) is 6.12. The minimum absolute atomic E-state index is 0.284. The highest BCUT2D eigenvalue weighted by atomic mass is 19.4. The molecule has 0 amide bonds. The van der Waals surface area contributed by atoms with E-state index in [1.807, 2.05) is 27.7 Å². The fourth-order valence-corrected chi connectivity index (χ4v) is 2.27. The molecule has 1 atom stereocenters. The van der Waals surface area contributed by atoms with Crippen LogP contribution in [0.1, 0.15) is 34.1 Å². The molecule has 1 aliphatic rings. The van der Waals surface area contributed by atoms with E-state index in [-0.39, 0.29) is 5.46 Å². The van der Waals surface area contributed by atoms with Crippen LogP contribution in [-0.2, 0) is 9.31 Å². The number of ether oxygens (including phenoxy) is 1. The van der Waals surface area contributed by atoms with Gasteiger partial charge >= 0.3 is 13.3 Å². The topological polar surface area (TPSA) is 40.6 Å². The minimum atomic E-state index is -4.56. The summed E-state index contributed by atoms with van der Waals surface area (Å²) in [5.41, 5.74) is -0.888. The summed E-state index contributed by atoms with van der Waals surface area (Å²) < 4.78 is 66.1. The van der Waals surface area contributed by atoms with E-state index < -0.39 is 42.8 Å². The maximum atomic E-state index is 13.9. The Bertz CT molecular complexity index is 582. The van der Waals surface area contributed by atoms with Gasteiger partial charge in [0, 0.05) is 11.7 Å². The maximum absolute atomic E-state index is 13.9. The Morgan fingerprint density at radius 3 is 2.39 bits per heavy atom. The number of alkyl halides is 3. The second-order valence-corrected chi connectivity index (χ2v) is 6.12. The zero-order chi connectivity index (χ0) is 17.5. The molecule has 23 heavy (non-hydrogen) atoms. The number of aromatic nitrogens is 1. The van der Waals surface area contributed by atoms with Crippen LogP contribution in [0.4, 0.5) is 17.6 Å². The van der Waals surface area contributed by atoms with Crippen molar-refractivity contribution in [1.82, 2.24) is 4.98 Å². The quantitative estimate of drug-likeness (QED) is 0.627. The molecule has 2 heterocycles. The van der Waals surface area contributed by atoms with Gasteiger partial charge in [0.25, 0.3) is 5.88 Å². The minimum Gasteiger partial charge on any atom is -0.466 e. The third kappa shape index (κ3) is 3.77. The van der Waals surface area contributed by atoms with Crippen molar-refractivity contribution in [2.45, 2.75) is 51.5 Å². The summed E-state index contributed by atoms with van der Waals surface area (Å²) in [5, 5.41) is 0. The van der Waals surface area contributed by atoms with Crippen LogP contribution < -0.4 is 10.2 Å². The average molecular weight is 335 g/mol. The summed E-state index contributed by atoms with van der Waals surface area (Å²) in [5.74, 6) is -1.71. The van der Waals surface area contributed by atoms with Gasteiger partial charge in [0.2, 0.25) is 0 Å². The van der Waals surface area contributed by atoms with Crippen molar-refractivity contribution >= 4 is 12.6 Å². The predicted octanol–water partition coefficient (Wildman–Crippen LogP) is 2.85. The van der Waals surface area contributed by atoms with Crippen molar-refractivity contribution in [1.29, 1.82) is 0 Å². The molecule has 9 heteroatoms. The van der Waals surface area contributed by atoms with E-state index in [2.05, 4.69) is 9.72 Å². The molecule has 128 valence electrons. The van der Waals surface area contributed by atoms with E-state index in [1.54, 1.807) is 0 Å². The van der Waals surface area contributed by atoms with Crippen LogP contribution in [0.15, 0.2) is 12.3 Å². The Balaban J connectivity index is 2.15. The van der Waals surface area contributed by atoms with Crippen molar-refractivity contribution in [3.8, 4) is 5.88 Å². The highest BCUT2D eigenvalue weighted by Crippen LogP contribution is 2.39. The average Bonchev–Trinajstić information content (AvgIpc) is 2.67. The van der Waals surface area contributed by atoms with E-state index in [0.29, 0.717) is 6.42 Å². The van der Waals surface area contributed by atoms with E-state index in [1.165, 1.54) is 6.20 Å². The molecule has 0 aliphatic carbocycles. The maximum Gasteiger partial charge on any atom is 0.496 e. The fraction of sp³-hybridized carbons (Fsp3) is 0.643. The van der Waals surface area contributed by atoms with Crippen molar-refractivity contribution in [2.75, 3.05) is 6.61 Å². The molecule has 1 saturated heterocycles. The van der Waals surface area contributed by atoms with Crippen LogP contribution in [0, 0.1) is 5.82 Å². The molecule has 0 spiro atoms. The van der Waals surface area contributed by atoms with E-state index in [0.717, 1.165) is 6.07 Å². The Labute approximate surface area is 132 Å². The first-order valence-corrected chi connectivity index (χ1v) is 7.18. The number of pyridine rings is 1. The van der Waals surface area contributed by atoms with Crippen LogP contribution >= 0.6 is 0 Å². The van der Waals surface area contributed by atoms with Crippen LogP contribution in [0.2, 0.25) is 0 Å². The van der Waals surface area contributed by atoms with Gasteiger partial charge in [0.15, 0.2) is 12.4 Å². The highest BCUT2D eigenvalue weighted by Gasteiger charge is 2.53. The normalized spacial score (nSPS) is 24.1. The second kappa shape index (κ2) is 5.94. The lowest BCUT2D eigenvalue weighted by atomic mass is 9.80. The predicted molar refractivity (Wildman–Crippen MR) is 76.1 cm³/mol. The Kier molecular flexibility index (Phi) is 4.65. The molecule has 0 radical (unpaired) electrons. The van der Waals surface area contributed by atoms with Crippen molar-refractivity contribution in [3.63, 3.8) is 0 Å². The van der Waals surface area contributed by atoms with E-state index in [4.69, 9.17) is 9.31 Å². The molecular formula is C14H18BF4NO3. The Morgan fingerprint density at radius 2 is 1.91 bits per heavy atom. The van der Waals surface area contributed by atoms with Gasteiger partial charge < -0.3 is 14.0 Å². The van der Waals surface area contributed by atoms with Crippen LogP contribution in [-0.4, -0.2) is 36.1 Å². The SMILES string of the molecule is CCC1(C)OB(c2cnc(OCC(F)(F)F)c(F)c2)OC1(C)C. The third-order valence-corrected chi connectivity index (χ3v) is 4.19. The molecule has 0 aromatic carbocycles. The summed E-state index contributed by atoms with van der Waals surface area (Å²) in [6.07, 6.45) is -2.69. The van der Waals surface area contributed by atoms with Gasteiger partial charge in [-0.15, -0.1) is 0 Å². The number of halogens is 4. The molecule has 1 unspecified atom stereocenters. The molecular weight excluding hydrogens is 317 g/mol. The lowest BCUT2D eigenvalue weighted by Crippen LogP contribution is -2.44. The fourth-order valence-electron chi connectivity index (χ4n) is 2.27. The van der Waals surface area contributed by atoms with Gasteiger partial charge in [-0.2, -0.15) is 13.2 Å². The summed E-state index contributed by atoms with van der Waals surface area (Å²) in [4.78, 5) is 3.59. The van der Waals surface area contributed by atoms with Crippen molar-refractivity contribution in [3.05, 3.63) is 18.1 Å². The third-order valence-electron chi connectivity index (χ3n) is 4.19. The first kappa shape index (κ1) is 18.0. The van der Waals surface area contributed by atoms with Crippen LogP contribution in [0.25, 0.3) is 0 Å². The zero-order valence-electron chi connectivity index (χ0n) is 13.3. The summed E-state index contributed by atoms with van der Waals surface area (Å²) in [7, 11) is -0.839. The van der Waals surface area contributed by atoms with Crippen molar-refractivity contribution < 1.29 is 31.6 Å². The molecule has 1 aromatic rings. The number of nitrogens with zero attached hydrogens (tertiary/aromatic N) is 1. The lowest BCUT2D eigenvalue weighted by molar-refractivity contribution is -0.154. The monoisotopic (exact) mass is 335 g/mol. The van der Waals surface area contributed by atoms with E-state index in [9.17, 15) is 17.6 Å². The van der Waals surface area contributed by atoms with Crippen LogP contribution in [0.3, 0.4) is 0 Å². The molecule has 1 fully saturated rings. The smallest absolute Gasteiger partial charge is 0.466 e. The van der Waals surface area contributed by atoms with E-state index >= 15 is 0 Å². The van der Waals surface area contributed by atoms with Gasteiger partial charge in [0.1, 0.15) is 0 Å². The molecule has 1 aliphatic heterocycles. The zero-order valence-corrected chi connectivity index (χ0v) is 13.3. The number of hydrogen-bond acceptors (Lipinski definition) is 4. The van der Waals surface area contributed by atoms with Gasteiger partial charge in [0.05, 0.1) is 11.2 Å². The van der Waals surface area contributed by atoms with Gasteiger partial charge in [-0.3, -0.25) is 0 Å². The summed E-state index contributed by atoms with van der Waals surface area (Å²) in [6.45, 7) is 5.95. The Morgan fingerprint density at radius 1 is 1.26 bits per heavy atom. The van der Waals surface area contributed by atoms with Crippen molar-refractivity contribution in [2.24, 2.45) is 0 Å². The Hall–Kier alpha value is -1.35. The molecule has 0 saturated carbocycles. The molecule has 4 nitrogen and oxygen atoms in total. The number of hydrogen-bond donors (Lipinski definition) is 0. The standard InChI is InChI=1S/C14H18BF4NO3/c1-5-13(4)12(2,3)22-15(23-13)9-6-10(16)11(20-7-9)21-8-14(17,18)19/h6-7H,5,8H2,1-4H3. The number of rotatable bonds is 4. The first-order valence-electron chi connectivity index (χ1n) is 7.18. The highest BCUT2D eigenvalue weighted by molar-refractivity contribution is 6.62. The first-order chi connectivity index (χ1) is 10.5. The summed E-state index contributed by atoms with van der Waals surface area (Å²) >= 11 is 0. The summed E-state index contributed by atoms with van der Waals surface area (Å²) in [6, 6.07) is 1.01.